The van der Waals surface area contributed by atoms with Gasteiger partial charge in [0.1, 0.15) is 0 Å². The van der Waals surface area contributed by atoms with Gasteiger partial charge in [-0.15, -0.1) is 0 Å². The fraction of sp³-hybridized carbons (Fsp3) is 0.545. The van der Waals surface area contributed by atoms with Crippen LogP contribution in [0.15, 0.2) is 24.3 Å². The highest BCUT2D eigenvalue weighted by atomic mass is 16.4. The summed E-state index contributed by atoms with van der Waals surface area (Å²) in [4.78, 5) is 9.60. The molecular weight excluding hydrogens is 164 g/mol. The van der Waals surface area contributed by atoms with Crippen LogP contribution in [0.25, 0.3) is 0 Å². The number of carboxylic acid groups (broad SMARTS) is 1. The molecule has 0 aromatic rings. The van der Waals surface area contributed by atoms with E-state index in [-0.39, 0.29) is 5.57 Å². The average molecular weight is 180 g/mol. The maximum atomic E-state index is 9.60. The number of aliphatic carboxylic acids is 1. The lowest BCUT2D eigenvalue weighted by Crippen LogP contribution is -1.92. The molecular formula is C11H16O2. The predicted octanol–water partition coefficient (Wildman–Crippen LogP) is 2.62. The minimum absolute atomic E-state index is 0.176. The van der Waals surface area contributed by atoms with Crippen LogP contribution >= 0.6 is 0 Å². The molecule has 13 heavy (non-hydrogen) atoms. The smallest absolute Gasteiger partial charge is 0.330 e. The van der Waals surface area contributed by atoms with Gasteiger partial charge in [-0.25, -0.2) is 4.79 Å². The van der Waals surface area contributed by atoms with Gasteiger partial charge in [0.2, 0.25) is 0 Å². The number of carboxylic acids is 1. The molecule has 0 aromatic heterocycles. The van der Waals surface area contributed by atoms with Crippen molar-refractivity contribution < 1.29 is 9.90 Å². The molecule has 2 bridgehead atoms. The monoisotopic (exact) mass is 180 g/mol. The van der Waals surface area contributed by atoms with Gasteiger partial charge in [0, 0.05) is 5.57 Å². The Kier molecular flexibility index (Phi) is 3.29. The highest BCUT2D eigenvalue weighted by Gasteiger charge is 2.25. The van der Waals surface area contributed by atoms with Crippen molar-refractivity contribution in [2.75, 3.05) is 0 Å². The fourth-order valence-electron chi connectivity index (χ4n) is 1.72. The Balaban J connectivity index is 0.000000133. The van der Waals surface area contributed by atoms with Crippen LogP contribution in [0, 0.1) is 11.8 Å². The molecule has 72 valence electrons. The molecule has 0 aliphatic heterocycles. The van der Waals surface area contributed by atoms with Crippen molar-refractivity contribution in [2.24, 2.45) is 11.8 Å². The van der Waals surface area contributed by atoms with Crippen molar-refractivity contribution in [3.63, 3.8) is 0 Å². The van der Waals surface area contributed by atoms with Crippen LogP contribution in [0.1, 0.15) is 26.2 Å². The summed E-state index contributed by atoms with van der Waals surface area (Å²) in [5.41, 5.74) is 0.176. The second-order valence-electron chi connectivity index (χ2n) is 3.80. The van der Waals surface area contributed by atoms with E-state index >= 15 is 0 Å². The van der Waals surface area contributed by atoms with Gasteiger partial charge in [-0.3, -0.25) is 0 Å². The van der Waals surface area contributed by atoms with Crippen molar-refractivity contribution in [3.8, 4) is 0 Å². The van der Waals surface area contributed by atoms with Crippen molar-refractivity contribution >= 4 is 5.97 Å². The lowest BCUT2D eigenvalue weighted by atomic mass is 10.1. The average Bonchev–Trinajstić information content (AvgIpc) is 2.67. The molecule has 0 amide bonds. The van der Waals surface area contributed by atoms with Gasteiger partial charge in [-0.05, 0) is 38.0 Å². The molecule has 0 radical (unpaired) electrons. The molecule has 2 atom stereocenters. The SMILES string of the molecule is C1=CC2CCC1C2.C=C(C)C(=O)O. The third-order valence-electron chi connectivity index (χ3n) is 2.53. The van der Waals surface area contributed by atoms with E-state index in [9.17, 15) is 4.79 Å². The fourth-order valence-corrected chi connectivity index (χ4v) is 1.72. The second kappa shape index (κ2) is 4.26. The van der Waals surface area contributed by atoms with Crippen LogP contribution in [0.5, 0.6) is 0 Å². The Bertz CT molecular complexity index is 216. The standard InChI is InChI=1S/C7H10.C4H6O2/c1-2-7-4-3-6(1)5-7;1-3(2)4(5)6/h1-2,6-7H,3-5H2;1H2,2H3,(H,5,6). The first-order valence-electron chi connectivity index (χ1n) is 4.66. The highest BCUT2D eigenvalue weighted by molar-refractivity contribution is 5.84. The van der Waals surface area contributed by atoms with E-state index in [1.165, 1.54) is 26.2 Å². The van der Waals surface area contributed by atoms with Crippen LogP contribution < -0.4 is 0 Å². The normalized spacial score (nSPS) is 28.1. The summed E-state index contributed by atoms with van der Waals surface area (Å²) in [6, 6.07) is 0. The summed E-state index contributed by atoms with van der Waals surface area (Å²) in [5, 5.41) is 7.89. The Morgan fingerprint density at radius 2 is 1.77 bits per heavy atom. The van der Waals surface area contributed by atoms with Crippen LogP contribution in [0.4, 0.5) is 0 Å². The van der Waals surface area contributed by atoms with Gasteiger partial charge >= 0.3 is 5.97 Å². The highest BCUT2D eigenvalue weighted by Crippen LogP contribution is 2.38. The summed E-state index contributed by atoms with van der Waals surface area (Å²) in [6.07, 6.45) is 9.19. The first kappa shape index (κ1) is 10.0. The van der Waals surface area contributed by atoms with E-state index in [4.69, 9.17) is 5.11 Å². The molecule has 0 saturated heterocycles. The number of carbonyl (C=O) groups is 1. The molecule has 2 nitrogen and oxygen atoms in total. The summed E-state index contributed by atoms with van der Waals surface area (Å²) < 4.78 is 0. The van der Waals surface area contributed by atoms with Crippen molar-refractivity contribution in [1.29, 1.82) is 0 Å². The minimum Gasteiger partial charge on any atom is -0.478 e. The van der Waals surface area contributed by atoms with Crippen molar-refractivity contribution in [1.82, 2.24) is 0 Å². The molecule has 2 aliphatic carbocycles. The topological polar surface area (TPSA) is 37.3 Å². The predicted molar refractivity (Wildman–Crippen MR) is 52.4 cm³/mol. The Morgan fingerprint density at radius 3 is 1.85 bits per heavy atom. The number of rotatable bonds is 1. The van der Waals surface area contributed by atoms with E-state index in [0.717, 1.165) is 11.8 Å². The minimum atomic E-state index is -0.935. The zero-order chi connectivity index (χ0) is 9.84. The summed E-state index contributed by atoms with van der Waals surface area (Å²) in [6.45, 7) is 4.60. The maximum Gasteiger partial charge on any atom is 0.330 e. The Labute approximate surface area is 79.0 Å². The van der Waals surface area contributed by atoms with Gasteiger partial charge < -0.3 is 5.11 Å². The summed E-state index contributed by atoms with van der Waals surface area (Å²) >= 11 is 0. The lowest BCUT2D eigenvalue weighted by molar-refractivity contribution is -0.132. The lowest BCUT2D eigenvalue weighted by Gasteiger charge is -1.96. The quantitative estimate of drug-likeness (QED) is 0.497. The molecule has 1 N–H and O–H groups in total. The molecule has 2 aliphatic rings. The van der Waals surface area contributed by atoms with E-state index in [1.54, 1.807) is 0 Å². The third kappa shape index (κ3) is 3.05. The number of fused-ring (bicyclic) bond motifs is 2. The molecule has 2 rings (SSSR count). The maximum absolute atomic E-state index is 9.60. The number of hydrogen-bond acceptors (Lipinski definition) is 1. The van der Waals surface area contributed by atoms with Crippen molar-refractivity contribution in [2.45, 2.75) is 26.2 Å². The molecule has 2 heteroatoms. The van der Waals surface area contributed by atoms with Gasteiger partial charge in [-0.2, -0.15) is 0 Å². The van der Waals surface area contributed by atoms with Gasteiger partial charge in [-0.1, -0.05) is 18.7 Å². The van der Waals surface area contributed by atoms with E-state index in [2.05, 4.69) is 18.7 Å². The number of allylic oxidation sites excluding steroid dienone is 2. The largest absolute Gasteiger partial charge is 0.478 e. The summed E-state index contributed by atoms with van der Waals surface area (Å²) in [5.74, 6) is 1.05. The zero-order valence-electron chi connectivity index (χ0n) is 7.99. The van der Waals surface area contributed by atoms with E-state index < -0.39 is 5.97 Å². The van der Waals surface area contributed by atoms with Gasteiger partial charge in [0.05, 0.1) is 0 Å². The zero-order valence-corrected chi connectivity index (χ0v) is 7.99. The Morgan fingerprint density at radius 1 is 1.38 bits per heavy atom. The second-order valence-corrected chi connectivity index (χ2v) is 3.80. The van der Waals surface area contributed by atoms with Crippen LogP contribution in [0.2, 0.25) is 0 Å². The first-order chi connectivity index (χ1) is 6.09. The molecule has 1 saturated carbocycles. The van der Waals surface area contributed by atoms with Crippen LogP contribution in [-0.4, -0.2) is 11.1 Å². The van der Waals surface area contributed by atoms with Crippen LogP contribution in [0.3, 0.4) is 0 Å². The first-order valence-corrected chi connectivity index (χ1v) is 4.66. The summed E-state index contributed by atoms with van der Waals surface area (Å²) in [7, 11) is 0. The van der Waals surface area contributed by atoms with Gasteiger partial charge in [0.15, 0.2) is 0 Å². The Hall–Kier alpha value is -1.05. The van der Waals surface area contributed by atoms with E-state index in [0.29, 0.717) is 0 Å². The van der Waals surface area contributed by atoms with Crippen molar-refractivity contribution in [3.05, 3.63) is 24.3 Å². The van der Waals surface area contributed by atoms with Gasteiger partial charge in [0.25, 0.3) is 0 Å². The molecule has 1 fully saturated rings. The molecule has 0 aromatic carbocycles. The third-order valence-corrected chi connectivity index (χ3v) is 2.53. The molecule has 2 unspecified atom stereocenters. The van der Waals surface area contributed by atoms with E-state index in [1.807, 2.05) is 0 Å². The molecule has 0 spiro atoms. The number of hydrogen-bond donors (Lipinski definition) is 1. The van der Waals surface area contributed by atoms with Crippen LogP contribution in [-0.2, 0) is 4.79 Å². The molecule has 0 heterocycles.